The molecule has 0 bridgehead atoms. The van der Waals surface area contributed by atoms with E-state index in [2.05, 4.69) is 194 Å². The SMILES string of the molecule is c1ccc(-c2nc(-c3ccccc3-c3ccc(-c4ccc5c(c4)-c4ccccc4C54c5ccccc5-c5ccccc54)cc3)nc(-c3cccc4c3sc3ccccc34)n2)cc1. The number of hydrogen-bond donors (Lipinski definition) is 0. The molecular weight excluding hydrogens is 771 g/mol. The Labute approximate surface area is 363 Å². The third kappa shape index (κ3) is 5.08. The molecule has 4 heteroatoms. The van der Waals surface area contributed by atoms with Gasteiger partial charge in [0.2, 0.25) is 0 Å². The molecule has 2 heterocycles. The van der Waals surface area contributed by atoms with E-state index in [0.717, 1.165) is 27.8 Å². The Balaban J connectivity index is 0.915. The van der Waals surface area contributed by atoms with Gasteiger partial charge in [-0.25, -0.2) is 15.0 Å². The van der Waals surface area contributed by atoms with Crippen molar-refractivity contribution < 1.29 is 0 Å². The van der Waals surface area contributed by atoms with Crippen molar-refractivity contribution in [1.29, 1.82) is 0 Å². The average Bonchev–Trinajstić information content (AvgIpc) is 3.98. The lowest BCUT2D eigenvalue weighted by atomic mass is 9.70. The molecule has 3 nitrogen and oxygen atoms in total. The number of benzene rings is 9. The van der Waals surface area contributed by atoms with Crippen molar-refractivity contribution in [2.75, 3.05) is 0 Å². The van der Waals surface area contributed by atoms with Crippen LogP contribution in [0, 0.1) is 0 Å². The molecule has 2 aliphatic rings. The average molecular weight is 806 g/mol. The first-order valence-electron chi connectivity index (χ1n) is 21.1. The van der Waals surface area contributed by atoms with Gasteiger partial charge in [0.15, 0.2) is 17.5 Å². The number of fused-ring (bicyclic) bond motifs is 13. The molecule has 0 unspecified atom stereocenters. The second-order valence-electron chi connectivity index (χ2n) is 16.2. The van der Waals surface area contributed by atoms with E-state index in [1.54, 1.807) is 11.3 Å². The van der Waals surface area contributed by atoms with Gasteiger partial charge in [0.05, 0.1) is 5.41 Å². The van der Waals surface area contributed by atoms with Gasteiger partial charge in [-0.3, -0.25) is 0 Å². The van der Waals surface area contributed by atoms with Crippen molar-refractivity contribution in [3.8, 4) is 78.7 Å². The molecule has 2 aromatic heterocycles. The van der Waals surface area contributed by atoms with Crippen molar-refractivity contribution in [2.24, 2.45) is 0 Å². The maximum atomic E-state index is 5.27. The molecule has 62 heavy (non-hydrogen) atoms. The number of thiophene rings is 1. The van der Waals surface area contributed by atoms with Crippen molar-refractivity contribution in [1.82, 2.24) is 15.0 Å². The smallest absolute Gasteiger partial charge is 0.165 e. The molecular formula is C58H35N3S. The molecule has 13 rings (SSSR count). The van der Waals surface area contributed by atoms with Crippen LogP contribution in [0.3, 0.4) is 0 Å². The molecule has 0 amide bonds. The van der Waals surface area contributed by atoms with Gasteiger partial charge in [0.1, 0.15) is 0 Å². The van der Waals surface area contributed by atoms with E-state index >= 15 is 0 Å². The largest absolute Gasteiger partial charge is 0.208 e. The Bertz CT molecular complexity index is 3540. The Hall–Kier alpha value is -7.79. The Morgan fingerprint density at radius 1 is 0.290 bits per heavy atom. The Morgan fingerprint density at radius 3 is 1.48 bits per heavy atom. The minimum Gasteiger partial charge on any atom is -0.208 e. The maximum Gasteiger partial charge on any atom is 0.165 e. The summed E-state index contributed by atoms with van der Waals surface area (Å²) in [5.74, 6) is 1.96. The fourth-order valence-electron chi connectivity index (χ4n) is 10.3. The normalized spacial score (nSPS) is 13.0. The van der Waals surface area contributed by atoms with Gasteiger partial charge in [-0.05, 0) is 85.0 Å². The summed E-state index contributed by atoms with van der Waals surface area (Å²) in [6.45, 7) is 0. The first kappa shape index (κ1) is 35.0. The summed E-state index contributed by atoms with van der Waals surface area (Å²) in [7, 11) is 0. The van der Waals surface area contributed by atoms with Crippen molar-refractivity contribution >= 4 is 31.5 Å². The number of aromatic nitrogens is 3. The van der Waals surface area contributed by atoms with Crippen molar-refractivity contribution in [2.45, 2.75) is 5.41 Å². The van der Waals surface area contributed by atoms with Gasteiger partial charge >= 0.3 is 0 Å². The Morgan fingerprint density at radius 2 is 0.774 bits per heavy atom. The van der Waals surface area contributed by atoms with E-state index in [0.29, 0.717) is 17.5 Å². The summed E-state index contributed by atoms with van der Waals surface area (Å²) in [5, 5.41) is 2.47. The molecule has 0 saturated carbocycles. The molecule has 0 N–H and O–H groups in total. The lowest BCUT2D eigenvalue weighted by Gasteiger charge is -2.30. The summed E-state index contributed by atoms with van der Waals surface area (Å²) in [5.41, 5.74) is 17.8. The van der Waals surface area contributed by atoms with E-state index in [1.165, 1.54) is 75.8 Å². The molecule has 0 aliphatic heterocycles. The minimum atomic E-state index is -0.342. The highest BCUT2D eigenvalue weighted by Gasteiger charge is 2.51. The summed E-state index contributed by atoms with van der Waals surface area (Å²) >= 11 is 1.79. The molecule has 0 fully saturated rings. The molecule has 1 spiro atoms. The summed E-state index contributed by atoms with van der Waals surface area (Å²) in [4.78, 5) is 15.6. The van der Waals surface area contributed by atoms with Gasteiger partial charge in [0, 0.05) is 36.9 Å². The van der Waals surface area contributed by atoms with Crippen LogP contribution >= 0.6 is 11.3 Å². The van der Waals surface area contributed by atoms with Crippen LogP contribution in [0.5, 0.6) is 0 Å². The molecule has 9 aromatic carbocycles. The van der Waals surface area contributed by atoms with Gasteiger partial charge < -0.3 is 0 Å². The summed E-state index contributed by atoms with van der Waals surface area (Å²) in [6.07, 6.45) is 0. The highest BCUT2D eigenvalue weighted by molar-refractivity contribution is 7.26. The van der Waals surface area contributed by atoms with E-state index in [-0.39, 0.29) is 5.41 Å². The zero-order valence-corrected chi connectivity index (χ0v) is 34.3. The van der Waals surface area contributed by atoms with E-state index in [4.69, 9.17) is 15.0 Å². The monoisotopic (exact) mass is 805 g/mol. The third-order valence-corrected chi connectivity index (χ3v) is 14.2. The van der Waals surface area contributed by atoms with Crippen LogP contribution in [0.2, 0.25) is 0 Å². The van der Waals surface area contributed by atoms with E-state index in [9.17, 15) is 0 Å². The Kier molecular flexibility index (Phi) is 7.69. The summed E-state index contributed by atoms with van der Waals surface area (Å²) < 4.78 is 2.43. The number of nitrogens with zero attached hydrogens (tertiary/aromatic N) is 3. The van der Waals surface area contributed by atoms with Crippen LogP contribution in [0.25, 0.3) is 98.8 Å². The number of hydrogen-bond acceptors (Lipinski definition) is 4. The van der Waals surface area contributed by atoms with Crippen LogP contribution in [0.4, 0.5) is 0 Å². The van der Waals surface area contributed by atoms with Gasteiger partial charge in [-0.15, -0.1) is 11.3 Å². The predicted octanol–water partition coefficient (Wildman–Crippen LogP) is 14.9. The standard InChI is InChI=1S/C58H35N3S/c1-2-15-38(16-3-1)55-59-56(61-57(60-55)47-24-14-23-45-44-21-9-13-28-53(44)62-54(45)47)46-22-5-4-17-40(46)37-31-29-36(30-32-37)39-33-34-52-48(35-39)43-20-8-12-27-51(43)58(52)49-25-10-6-18-41(49)42-19-7-11-26-50(42)58/h1-35H. The van der Waals surface area contributed by atoms with Crippen LogP contribution < -0.4 is 0 Å². The van der Waals surface area contributed by atoms with Gasteiger partial charge in [-0.2, -0.15) is 0 Å². The zero-order chi connectivity index (χ0) is 40.8. The lowest BCUT2D eigenvalue weighted by molar-refractivity contribution is 0.794. The molecule has 288 valence electrons. The molecule has 0 atom stereocenters. The third-order valence-electron chi connectivity index (χ3n) is 13.0. The second kappa shape index (κ2) is 13.6. The van der Waals surface area contributed by atoms with Crippen molar-refractivity contribution in [3.63, 3.8) is 0 Å². The molecule has 2 aliphatic carbocycles. The van der Waals surface area contributed by atoms with E-state index < -0.39 is 0 Å². The van der Waals surface area contributed by atoms with Crippen molar-refractivity contribution in [3.05, 3.63) is 235 Å². The topological polar surface area (TPSA) is 38.7 Å². The quantitative estimate of drug-likeness (QED) is 0.174. The first-order chi connectivity index (χ1) is 30.7. The highest BCUT2D eigenvalue weighted by atomic mass is 32.1. The second-order valence-corrected chi connectivity index (χ2v) is 17.3. The summed E-state index contributed by atoms with van der Waals surface area (Å²) in [6, 6.07) is 76.8. The van der Waals surface area contributed by atoms with E-state index in [1.807, 2.05) is 18.2 Å². The molecule has 11 aromatic rings. The van der Waals surface area contributed by atoms with Gasteiger partial charge in [-0.1, -0.05) is 194 Å². The predicted molar refractivity (Wildman–Crippen MR) is 256 cm³/mol. The van der Waals surface area contributed by atoms with Crippen LogP contribution in [-0.2, 0) is 5.41 Å². The number of rotatable bonds is 5. The highest BCUT2D eigenvalue weighted by Crippen LogP contribution is 2.63. The molecule has 0 radical (unpaired) electrons. The fourth-order valence-corrected chi connectivity index (χ4v) is 11.5. The van der Waals surface area contributed by atoms with Crippen LogP contribution in [0.15, 0.2) is 212 Å². The van der Waals surface area contributed by atoms with Crippen LogP contribution in [0.1, 0.15) is 22.3 Å². The minimum absolute atomic E-state index is 0.342. The van der Waals surface area contributed by atoms with Gasteiger partial charge in [0.25, 0.3) is 0 Å². The molecule has 0 saturated heterocycles. The van der Waals surface area contributed by atoms with Crippen LogP contribution in [-0.4, -0.2) is 15.0 Å². The first-order valence-corrected chi connectivity index (χ1v) is 21.9. The lowest BCUT2D eigenvalue weighted by Crippen LogP contribution is -2.25. The fraction of sp³-hybridized carbons (Fsp3) is 0.0172. The maximum absolute atomic E-state index is 5.27. The zero-order valence-electron chi connectivity index (χ0n) is 33.5.